The van der Waals surface area contributed by atoms with Gasteiger partial charge in [0.05, 0.1) is 17.5 Å². The molecule has 0 spiro atoms. The van der Waals surface area contributed by atoms with Crippen molar-refractivity contribution in [3.05, 3.63) is 0 Å². The lowest BCUT2D eigenvalue weighted by Crippen LogP contribution is -2.58. The van der Waals surface area contributed by atoms with E-state index in [0.29, 0.717) is 30.0 Å². The number of aliphatic imine (C=N–C) groups is 1. The molecular formula is C18H28N2O2. The molecule has 0 aromatic carbocycles. The molecule has 1 heterocycles. The number of Topliss-reactive ketones (excluding diaryl/α,β-unsaturated/α-hetero) is 1. The molecule has 1 aliphatic heterocycles. The lowest BCUT2D eigenvalue weighted by molar-refractivity contribution is -0.154. The minimum Gasteiger partial charge on any atom is -0.393 e. The van der Waals surface area contributed by atoms with Crippen LogP contribution in [-0.2, 0) is 4.79 Å². The lowest BCUT2D eigenvalue weighted by Gasteiger charge is -2.58. The fraction of sp³-hybridized carbons (Fsp3) is 0.889. The lowest BCUT2D eigenvalue weighted by atomic mass is 9.45. The first-order valence-electron chi connectivity index (χ1n) is 8.88. The molecule has 22 heavy (non-hydrogen) atoms. The van der Waals surface area contributed by atoms with Gasteiger partial charge >= 0.3 is 0 Å². The van der Waals surface area contributed by atoms with E-state index >= 15 is 0 Å². The van der Waals surface area contributed by atoms with Crippen molar-refractivity contribution in [3.8, 4) is 0 Å². The van der Waals surface area contributed by atoms with Crippen LogP contribution >= 0.6 is 0 Å². The van der Waals surface area contributed by atoms with Crippen LogP contribution in [0.1, 0.15) is 58.8 Å². The molecule has 122 valence electrons. The number of nitrogens with two attached hydrogens (primary N) is 1. The van der Waals surface area contributed by atoms with Gasteiger partial charge in [0.15, 0.2) is 0 Å². The van der Waals surface area contributed by atoms with E-state index in [-0.39, 0.29) is 23.0 Å². The number of nitrogens with zero attached hydrogens (tertiary/aromatic N) is 1. The number of carbonyl (C=O) groups is 1. The average molecular weight is 304 g/mol. The summed E-state index contributed by atoms with van der Waals surface area (Å²) in [6, 6.07) is 0. The first-order valence-corrected chi connectivity index (χ1v) is 8.88. The van der Waals surface area contributed by atoms with Crippen molar-refractivity contribution >= 4 is 11.6 Å². The summed E-state index contributed by atoms with van der Waals surface area (Å²) < 4.78 is 0. The number of aliphatic hydroxyl groups is 1. The number of amidine groups is 1. The number of hydrogen-bond donors (Lipinski definition) is 2. The van der Waals surface area contributed by atoms with Gasteiger partial charge in [-0.3, -0.25) is 9.79 Å². The van der Waals surface area contributed by atoms with E-state index in [2.05, 4.69) is 18.8 Å². The summed E-state index contributed by atoms with van der Waals surface area (Å²) in [6.07, 6.45) is 6.24. The Labute approximate surface area is 132 Å². The highest BCUT2D eigenvalue weighted by molar-refractivity contribution is 5.89. The van der Waals surface area contributed by atoms with Crippen LogP contribution in [0.2, 0.25) is 0 Å². The van der Waals surface area contributed by atoms with Crippen molar-refractivity contribution in [2.75, 3.05) is 0 Å². The summed E-state index contributed by atoms with van der Waals surface area (Å²) in [5, 5.41) is 10.0. The fourth-order valence-corrected chi connectivity index (χ4v) is 6.49. The molecule has 0 amide bonds. The Bertz CT molecular complexity index is 545. The Balaban J connectivity index is 1.69. The summed E-state index contributed by atoms with van der Waals surface area (Å²) in [5.74, 6) is 2.70. The molecule has 0 aromatic heterocycles. The van der Waals surface area contributed by atoms with Gasteiger partial charge in [0.25, 0.3) is 0 Å². The smallest absolute Gasteiger partial charge is 0.139 e. The maximum Gasteiger partial charge on any atom is 0.139 e. The minimum atomic E-state index is -0.250. The molecule has 3 fully saturated rings. The molecule has 0 bridgehead atoms. The number of ketones is 1. The summed E-state index contributed by atoms with van der Waals surface area (Å²) in [5.41, 5.74) is 5.87. The van der Waals surface area contributed by atoms with Crippen LogP contribution in [0.25, 0.3) is 0 Å². The van der Waals surface area contributed by atoms with Gasteiger partial charge in [0, 0.05) is 18.8 Å². The zero-order chi connectivity index (χ0) is 15.7. The fourth-order valence-electron chi connectivity index (χ4n) is 6.49. The monoisotopic (exact) mass is 304 g/mol. The van der Waals surface area contributed by atoms with E-state index in [1.54, 1.807) is 0 Å². The number of aliphatic hydroxyl groups excluding tert-OH is 1. The molecule has 3 saturated carbocycles. The summed E-state index contributed by atoms with van der Waals surface area (Å²) in [7, 11) is 0. The Hall–Kier alpha value is -0.900. The first-order chi connectivity index (χ1) is 10.3. The van der Waals surface area contributed by atoms with Crippen molar-refractivity contribution < 1.29 is 9.90 Å². The molecule has 7 atom stereocenters. The predicted molar refractivity (Wildman–Crippen MR) is 85.4 cm³/mol. The number of fused-ring (bicyclic) bond motifs is 5. The maximum atomic E-state index is 13.1. The Morgan fingerprint density at radius 2 is 2.05 bits per heavy atom. The minimum absolute atomic E-state index is 0.0813. The first kappa shape index (κ1) is 14.7. The van der Waals surface area contributed by atoms with Gasteiger partial charge in [-0.2, -0.15) is 0 Å². The number of hydrogen-bond acceptors (Lipinski definition) is 4. The van der Waals surface area contributed by atoms with Gasteiger partial charge < -0.3 is 10.8 Å². The van der Waals surface area contributed by atoms with Gasteiger partial charge in [-0.05, 0) is 62.2 Å². The molecule has 3 N–H and O–H groups in total. The van der Waals surface area contributed by atoms with E-state index in [0.717, 1.165) is 44.4 Å². The summed E-state index contributed by atoms with van der Waals surface area (Å²) in [6.45, 7) is 4.45. The SMILES string of the molecule is C[C@]12CC(=O)C3C(CC[C@@H]4C[C@H](O)CC[C@]34C)C1CC(N)=N2. The van der Waals surface area contributed by atoms with Gasteiger partial charge in [0.2, 0.25) is 0 Å². The van der Waals surface area contributed by atoms with Crippen LogP contribution in [0.5, 0.6) is 0 Å². The molecular weight excluding hydrogens is 276 g/mol. The standard InChI is InChI=1S/C18H28N2O2/c1-17-6-5-11(21)7-10(17)3-4-12-13-8-15(19)20-18(13,2)9-14(22)16(12)17/h10-13,16,21H,3-9H2,1-2H3,(H2,19,20)/t10-,11-,12?,13?,16?,17+,18+/m1/s1. The second-order valence-electron chi connectivity index (χ2n) is 8.76. The van der Waals surface area contributed by atoms with Crippen molar-refractivity contribution in [2.24, 2.45) is 39.8 Å². The molecule has 4 nitrogen and oxygen atoms in total. The molecule has 3 aliphatic carbocycles. The van der Waals surface area contributed by atoms with Crippen LogP contribution in [0.3, 0.4) is 0 Å². The third kappa shape index (κ3) is 1.85. The largest absolute Gasteiger partial charge is 0.393 e. The van der Waals surface area contributed by atoms with Gasteiger partial charge in [-0.25, -0.2) is 0 Å². The summed E-state index contributed by atoms with van der Waals surface area (Å²) >= 11 is 0. The highest BCUT2D eigenvalue weighted by Gasteiger charge is 2.61. The topological polar surface area (TPSA) is 75.7 Å². The average Bonchev–Trinajstić information content (AvgIpc) is 2.73. The van der Waals surface area contributed by atoms with Crippen LogP contribution < -0.4 is 5.73 Å². The molecule has 0 radical (unpaired) electrons. The Morgan fingerprint density at radius 3 is 2.82 bits per heavy atom. The number of carbonyl (C=O) groups excluding carboxylic acids is 1. The van der Waals surface area contributed by atoms with Crippen molar-refractivity contribution in [1.82, 2.24) is 0 Å². The van der Waals surface area contributed by atoms with Crippen molar-refractivity contribution in [2.45, 2.75) is 70.4 Å². The molecule has 0 aromatic rings. The Morgan fingerprint density at radius 1 is 1.27 bits per heavy atom. The van der Waals surface area contributed by atoms with E-state index in [4.69, 9.17) is 5.73 Å². The zero-order valence-electron chi connectivity index (χ0n) is 13.7. The van der Waals surface area contributed by atoms with Crippen LogP contribution in [0, 0.1) is 29.1 Å². The molecule has 3 unspecified atom stereocenters. The molecule has 4 rings (SSSR count). The van der Waals surface area contributed by atoms with Crippen LogP contribution in [-0.4, -0.2) is 28.4 Å². The number of rotatable bonds is 0. The van der Waals surface area contributed by atoms with E-state index in [1.807, 2.05) is 0 Å². The van der Waals surface area contributed by atoms with E-state index in [9.17, 15) is 9.90 Å². The Kier molecular flexibility index (Phi) is 3.04. The van der Waals surface area contributed by atoms with Gasteiger partial charge in [0.1, 0.15) is 5.78 Å². The van der Waals surface area contributed by atoms with Crippen LogP contribution in [0.4, 0.5) is 0 Å². The second kappa shape index (κ2) is 4.56. The van der Waals surface area contributed by atoms with Gasteiger partial charge in [-0.1, -0.05) is 6.92 Å². The zero-order valence-corrected chi connectivity index (χ0v) is 13.7. The predicted octanol–water partition coefficient (Wildman–Crippen LogP) is 2.29. The summed E-state index contributed by atoms with van der Waals surface area (Å²) in [4.78, 5) is 17.7. The highest BCUT2D eigenvalue weighted by Crippen LogP contribution is 2.62. The normalized spacial score (nSPS) is 54.2. The van der Waals surface area contributed by atoms with E-state index in [1.165, 1.54) is 0 Å². The van der Waals surface area contributed by atoms with Crippen molar-refractivity contribution in [3.63, 3.8) is 0 Å². The maximum absolute atomic E-state index is 13.1. The third-order valence-corrected chi connectivity index (χ3v) is 7.52. The molecule has 0 saturated heterocycles. The second-order valence-corrected chi connectivity index (χ2v) is 8.76. The molecule has 4 heteroatoms. The van der Waals surface area contributed by atoms with Gasteiger partial charge in [-0.15, -0.1) is 0 Å². The van der Waals surface area contributed by atoms with Crippen LogP contribution in [0.15, 0.2) is 4.99 Å². The van der Waals surface area contributed by atoms with Crippen molar-refractivity contribution in [1.29, 1.82) is 0 Å². The quantitative estimate of drug-likeness (QED) is 0.721. The highest BCUT2D eigenvalue weighted by atomic mass is 16.3. The third-order valence-electron chi connectivity index (χ3n) is 7.52. The molecule has 4 aliphatic rings. The van der Waals surface area contributed by atoms with E-state index < -0.39 is 0 Å².